The first-order chi connectivity index (χ1) is 31.8. The number of rotatable bonds is 14. The first kappa shape index (κ1) is 44.4. The van der Waals surface area contributed by atoms with Crippen LogP contribution in [-0.2, 0) is 40.3 Å². The Hall–Kier alpha value is -6.42. The van der Waals surface area contributed by atoms with Gasteiger partial charge in [-0.1, -0.05) is 23.7 Å². The zero-order chi connectivity index (χ0) is 47.4. The molecule has 0 unspecified atom stereocenters. The molecule has 13 nitrogen and oxygen atoms in total. The fourth-order valence-corrected chi connectivity index (χ4v) is 10.6. The zero-order valence-electron chi connectivity index (χ0n) is 34.6. The van der Waals surface area contributed by atoms with E-state index in [1.54, 1.807) is 31.2 Å². The number of carbonyl (C=O) groups is 1. The van der Waals surface area contributed by atoms with E-state index in [-0.39, 0.29) is 50.1 Å². The van der Waals surface area contributed by atoms with Crippen LogP contribution in [0.2, 0.25) is 5.02 Å². The summed E-state index contributed by atoms with van der Waals surface area (Å²) < 4.78 is 149. The number of amides is 1. The van der Waals surface area contributed by atoms with Gasteiger partial charge in [0.2, 0.25) is 15.9 Å². The van der Waals surface area contributed by atoms with Gasteiger partial charge in [0.25, 0.3) is 24.3 Å². The first-order valence-electron chi connectivity index (χ1n) is 20.8. The van der Waals surface area contributed by atoms with Crippen molar-refractivity contribution in [3.8, 4) is 16.9 Å². The van der Waals surface area contributed by atoms with E-state index in [4.69, 9.17) is 16.6 Å². The Labute approximate surface area is 378 Å². The molecule has 0 aliphatic heterocycles. The van der Waals surface area contributed by atoms with Gasteiger partial charge in [-0.3, -0.25) is 33.2 Å². The summed E-state index contributed by atoms with van der Waals surface area (Å²) in [6.45, 7) is -0.446. The molecule has 0 bridgehead atoms. The number of halogens is 9. The summed E-state index contributed by atoms with van der Waals surface area (Å²) in [6, 6.07) is 12.9. The average molecular weight is 972 g/mol. The highest BCUT2D eigenvalue weighted by Crippen LogP contribution is 2.68. The number of nitrogens with zero attached hydrogens (tertiary/aromatic N) is 7. The molecule has 4 heterocycles. The van der Waals surface area contributed by atoms with Crippen LogP contribution in [0.4, 0.5) is 40.9 Å². The summed E-state index contributed by atoms with van der Waals surface area (Å²) in [4.78, 5) is 38.8. The van der Waals surface area contributed by atoms with Gasteiger partial charge in [-0.05, 0) is 86.2 Å². The maximum absolute atomic E-state index is 15.6. The minimum atomic E-state index is -4.09. The Kier molecular flexibility index (Phi) is 10.7. The normalized spacial score (nSPS) is 17.9. The SMILES string of the molecule is Cc1cccc(-c2ccc3c(=O)n(-c4ccc(Cl)c5c(NS(=O)(=O)C6CC6)nn(CC(F)F)c45)c([C@H](Cc4cc(F)cc(F)c4)NC(=O)Cn4nc(C(F)F)c5c4C(F)(F)[C@@H]4C[C@H]54)nc3c2)n1. The molecule has 1 amide bonds. The fourth-order valence-electron chi connectivity index (χ4n) is 9.03. The lowest BCUT2D eigenvalue weighted by atomic mass is 10.0. The molecule has 4 aromatic heterocycles. The summed E-state index contributed by atoms with van der Waals surface area (Å²) in [5.74, 6) is -9.79. The maximum atomic E-state index is 15.6. The van der Waals surface area contributed by atoms with E-state index in [9.17, 15) is 39.6 Å². The lowest BCUT2D eigenvalue weighted by Crippen LogP contribution is -2.38. The number of hydrogen-bond acceptors (Lipinski definition) is 8. The number of aryl methyl sites for hydroxylation is 1. The van der Waals surface area contributed by atoms with Gasteiger partial charge in [-0.25, -0.2) is 39.7 Å². The summed E-state index contributed by atoms with van der Waals surface area (Å²) in [7, 11) is -4.09. The van der Waals surface area contributed by atoms with E-state index < -0.39 is 118 Å². The van der Waals surface area contributed by atoms with E-state index >= 15 is 13.6 Å². The Morgan fingerprint density at radius 2 is 1.70 bits per heavy atom. The molecule has 0 spiro atoms. The van der Waals surface area contributed by atoms with Crippen LogP contribution in [-0.4, -0.2) is 60.1 Å². The molecule has 3 aromatic carbocycles. The molecule has 2 fully saturated rings. The molecule has 3 aliphatic rings. The highest BCUT2D eigenvalue weighted by molar-refractivity contribution is 7.93. The van der Waals surface area contributed by atoms with Crippen LogP contribution in [0.3, 0.4) is 0 Å². The van der Waals surface area contributed by atoms with Crippen molar-refractivity contribution in [3.63, 3.8) is 0 Å². The van der Waals surface area contributed by atoms with Crippen molar-refractivity contribution in [2.75, 3.05) is 4.72 Å². The van der Waals surface area contributed by atoms with Gasteiger partial charge in [-0.15, -0.1) is 0 Å². The number of fused-ring (bicyclic) bond motifs is 5. The number of nitrogens with one attached hydrogen (secondary N) is 2. The van der Waals surface area contributed by atoms with Gasteiger partial charge in [0.1, 0.15) is 41.9 Å². The van der Waals surface area contributed by atoms with E-state index in [0.717, 1.165) is 21.4 Å². The monoisotopic (exact) mass is 971 g/mol. The smallest absolute Gasteiger partial charge is 0.293 e. The maximum Gasteiger partial charge on any atom is 0.293 e. The molecule has 67 heavy (non-hydrogen) atoms. The fraction of sp³-hybridized carbons (Fsp3) is 0.318. The molecule has 2 N–H and O–H groups in total. The molecule has 348 valence electrons. The Morgan fingerprint density at radius 1 is 0.955 bits per heavy atom. The van der Waals surface area contributed by atoms with Crippen LogP contribution in [0.5, 0.6) is 0 Å². The quantitative estimate of drug-likeness (QED) is 0.103. The lowest BCUT2D eigenvalue weighted by molar-refractivity contribution is -0.123. The number of alkyl halides is 6. The van der Waals surface area contributed by atoms with Gasteiger partial charge in [0, 0.05) is 35.2 Å². The van der Waals surface area contributed by atoms with Crippen LogP contribution >= 0.6 is 11.6 Å². The molecular formula is C44H34ClF8N9O4S. The molecule has 2 saturated carbocycles. The van der Waals surface area contributed by atoms with Crippen LogP contribution in [0, 0.1) is 24.5 Å². The number of pyridine rings is 1. The van der Waals surface area contributed by atoms with E-state index in [0.29, 0.717) is 40.5 Å². The van der Waals surface area contributed by atoms with Gasteiger partial charge in [-0.2, -0.15) is 19.0 Å². The van der Waals surface area contributed by atoms with Gasteiger partial charge in [0.05, 0.1) is 49.5 Å². The molecule has 3 aliphatic carbocycles. The summed E-state index contributed by atoms with van der Waals surface area (Å²) in [6.07, 6.45) is -6.30. The molecule has 10 rings (SSSR count). The second kappa shape index (κ2) is 16.1. The highest BCUT2D eigenvalue weighted by atomic mass is 35.5. The predicted octanol–water partition coefficient (Wildman–Crippen LogP) is 8.65. The van der Waals surface area contributed by atoms with Gasteiger partial charge < -0.3 is 5.32 Å². The molecule has 7 aromatic rings. The van der Waals surface area contributed by atoms with Gasteiger partial charge >= 0.3 is 0 Å². The number of sulfonamides is 1. The summed E-state index contributed by atoms with van der Waals surface area (Å²) in [5.41, 5.74) is -2.07. The van der Waals surface area contributed by atoms with E-state index in [2.05, 4.69) is 25.2 Å². The van der Waals surface area contributed by atoms with Crippen LogP contribution in [0.1, 0.15) is 71.7 Å². The standard InChI is InChI=1S/C44H34ClF8N9O4S/c1-19-3-2-4-29(54-19)21-5-8-25-30(14-21)56-42(62(43(25)64)32-10-9-28(45)36-38(32)60(17-33(48)49)58-41(36)59-67(65,66)24-6-7-24)31(13-20-11-22(46)15-23(47)12-20)55-34(63)18-61-39-35(37(57-61)40(50)51)26-16-27(26)44(39,52)53/h2-5,8-12,14-15,24,26-27,31,33,40H,6-7,13,16-18H2,1H3,(H,55,63)(H,58,59)/t26-,27+,31-/m0/s1. The Bertz CT molecular complexity index is 3360. The first-order valence-corrected chi connectivity index (χ1v) is 22.7. The summed E-state index contributed by atoms with van der Waals surface area (Å²) in [5, 5.41) is 9.27. The summed E-state index contributed by atoms with van der Waals surface area (Å²) >= 11 is 6.67. The molecular weight excluding hydrogens is 938 g/mol. The van der Waals surface area contributed by atoms with Crippen LogP contribution in [0.15, 0.2) is 71.5 Å². The number of hydrogen-bond donors (Lipinski definition) is 2. The molecule has 0 radical (unpaired) electrons. The zero-order valence-corrected chi connectivity index (χ0v) is 36.2. The third kappa shape index (κ3) is 7.96. The lowest BCUT2D eigenvalue weighted by Gasteiger charge is -2.24. The molecule has 0 saturated heterocycles. The van der Waals surface area contributed by atoms with E-state index in [1.807, 2.05) is 0 Å². The van der Waals surface area contributed by atoms with Gasteiger partial charge in [0.15, 0.2) is 5.82 Å². The largest absolute Gasteiger partial charge is 0.344 e. The van der Waals surface area contributed by atoms with Crippen molar-refractivity contribution in [2.45, 2.75) is 81.7 Å². The van der Waals surface area contributed by atoms with Crippen molar-refractivity contribution in [1.82, 2.24) is 39.4 Å². The van der Waals surface area contributed by atoms with E-state index in [1.165, 1.54) is 24.3 Å². The minimum Gasteiger partial charge on any atom is -0.344 e. The topological polar surface area (TPSA) is 159 Å². The second-order valence-electron chi connectivity index (χ2n) is 16.8. The number of benzene rings is 3. The van der Waals surface area contributed by atoms with Crippen molar-refractivity contribution in [3.05, 3.63) is 128 Å². The van der Waals surface area contributed by atoms with Crippen molar-refractivity contribution < 1.29 is 48.3 Å². The minimum absolute atomic E-state index is 0.0174. The number of anilines is 1. The third-order valence-electron chi connectivity index (χ3n) is 12.1. The number of aromatic nitrogens is 7. The second-order valence-corrected chi connectivity index (χ2v) is 19.2. The van der Waals surface area contributed by atoms with Crippen molar-refractivity contribution >= 4 is 55.2 Å². The third-order valence-corrected chi connectivity index (χ3v) is 14.3. The van der Waals surface area contributed by atoms with Crippen LogP contribution < -0.4 is 15.6 Å². The van der Waals surface area contributed by atoms with Crippen LogP contribution in [0.25, 0.3) is 38.8 Å². The highest BCUT2D eigenvalue weighted by Gasteiger charge is 2.67. The van der Waals surface area contributed by atoms with Crippen molar-refractivity contribution in [1.29, 1.82) is 0 Å². The molecule has 23 heteroatoms. The Balaban J connectivity index is 1.19. The number of carbonyl (C=O) groups excluding carboxylic acids is 1. The Morgan fingerprint density at radius 3 is 2.39 bits per heavy atom. The predicted molar refractivity (Wildman–Crippen MR) is 228 cm³/mol. The average Bonchev–Trinajstić information content (AvgIpc) is 4.17. The van der Waals surface area contributed by atoms with Crippen molar-refractivity contribution in [2.24, 2.45) is 5.92 Å². The molecule has 3 atom stereocenters.